The number of carboxylic acid groups (broad SMARTS) is 1. The topological polar surface area (TPSA) is 114 Å². The number of urea groups is 1. The number of carbonyl (C=O) groups excluding carboxylic acids is 2. The molecule has 2 unspecified atom stereocenters. The Morgan fingerprint density at radius 2 is 2.14 bits per heavy atom. The summed E-state index contributed by atoms with van der Waals surface area (Å²) in [7, 11) is 1.23. The molecule has 1 saturated heterocycles. The highest BCUT2D eigenvalue weighted by atomic mass is 16.5. The quantitative estimate of drug-likeness (QED) is 0.575. The Labute approximate surface area is 123 Å². The van der Waals surface area contributed by atoms with E-state index in [-0.39, 0.29) is 24.9 Å². The van der Waals surface area contributed by atoms with Crippen LogP contribution in [0.25, 0.3) is 0 Å². The number of nitrogens with one attached hydrogen (secondary N) is 2. The molecule has 0 spiro atoms. The summed E-state index contributed by atoms with van der Waals surface area (Å²) in [5, 5.41) is 14.0. The summed E-state index contributed by atoms with van der Waals surface area (Å²) in [6.45, 7) is 3.04. The fourth-order valence-corrected chi connectivity index (χ4v) is 2.10. The highest BCUT2D eigenvalue weighted by molar-refractivity contribution is 5.83. The van der Waals surface area contributed by atoms with Crippen LogP contribution >= 0.6 is 0 Å². The Balaban J connectivity index is 2.34. The first-order valence-corrected chi connectivity index (χ1v) is 6.89. The molecule has 0 aromatic rings. The lowest BCUT2D eigenvalue weighted by atomic mass is 10.0. The molecule has 1 aliphatic heterocycles. The number of rotatable bonds is 7. The van der Waals surface area contributed by atoms with Gasteiger partial charge in [-0.05, 0) is 19.8 Å². The van der Waals surface area contributed by atoms with Crippen molar-refractivity contribution in [2.45, 2.75) is 38.3 Å². The SMILES string of the molecule is COC(=O)CC[C@H](NC(=O)NCC1CCOC1C)C(=O)O. The number of ether oxygens (including phenoxy) is 2. The molecule has 2 amide bonds. The molecule has 1 aliphatic rings. The second-order valence-corrected chi connectivity index (χ2v) is 4.98. The van der Waals surface area contributed by atoms with Gasteiger partial charge in [-0.2, -0.15) is 0 Å². The van der Waals surface area contributed by atoms with Gasteiger partial charge in [0.05, 0.1) is 13.2 Å². The molecule has 1 fully saturated rings. The number of hydrogen-bond donors (Lipinski definition) is 3. The van der Waals surface area contributed by atoms with E-state index in [1.165, 1.54) is 7.11 Å². The van der Waals surface area contributed by atoms with Gasteiger partial charge < -0.3 is 25.2 Å². The van der Waals surface area contributed by atoms with Crippen molar-refractivity contribution in [1.82, 2.24) is 10.6 Å². The first-order chi connectivity index (χ1) is 9.93. The van der Waals surface area contributed by atoms with Gasteiger partial charge in [0.15, 0.2) is 0 Å². The molecule has 3 N–H and O–H groups in total. The van der Waals surface area contributed by atoms with Crippen molar-refractivity contribution in [3.63, 3.8) is 0 Å². The van der Waals surface area contributed by atoms with Crippen LogP contribution in [0.15, 0.2) is 0 Å². The van der Waals surface area contributed by atoms with E-state index in [0.717, 1.165) is 6.42 Å². The van der Waals surface area contributed by atoms with E-state index < -0.39 is 24.0 Å². The first kappa shape index (κ1) is 17.2. The Kier molecular flexibility index (Phi) is 6.93. The number of amides is 2. The van der Waals surface area contributed by atoms with Crippen molar-refractivity contribution in [2.24, 2.45) is 5.92 Å². The van der Waals surface area contributed by atoms with Crippen molar-refractivity contribution < 1.29 is 29.0 Å². The second kappa shape index (κ2) is 8.46. The van der Waals surface area contributed by atoms with Gasteiger partial charge in [-0.15, -0.1) is 0 Å². The fraction of sp³-hybridized carbons (Fsp3) is 0.769. The molecule has 1 heterocycles. The van der Waals surface area contributed by atoms with E-state index in [1.807, 2.05) is 6.92 Å². The number of aliphatic carboxylic acids is 1. The molecular weight excluding hydrogens is 280 g/mol. The Morgan fingerprint density at radius 1 is 1.43 bits per heavy atom. The summed E-state index contributed by atoms with van der Waals surface area (Å²) in [4.78, 5) is 33.7. The van der Waals surface area contributed by atoms with E-state index in [2.05, 4.69) is 15.4 Å². The highest BCUT2D eigenvalue weighted by Gasteiger charge is 2.25. The van der Waals surface area contributed by atoms with E-state index in [0.29, 0.717) is 13.2 Å². The smallest absolute Gasteiger partial charge is 0.326 e. The average molecular weight is 302 g/mol. The maximum absolute atomic E-state index is 11.7. The van der Waals surface area contributed by atoms with Gasteiger partial charge in [0.2, 0.25) is 0 Å². The maximum atomic E-state index is 11.7. The van der Waals surface area contributed by atoms with Crippen molar-refractivity contribution in [1.29, 1.82) is 0 Å². The van der Waals surface area contributed by atoms with Crippen molar-refractivity contribution in [3.8, 4) is 0 Å². The van der Waals surface area contributed by atoms with Gasteiger partial charge in [0.25, 0.3) is 0 Å². The summed E-state index contributed by atoms with van der Waals surface area (Å²) in [5.41, 5.74) is 0. The van der Waals surface area contributed by atoms with Gasteiger partial charge >= 0.3 is 18.0 Å². The Morgan fingerprint density at radius 3 is 2.67 bits per heavy atom. The monoisotopic (exact) mass is 302 g/mol. The molecule has 21 heavy (non-hydrogen) atoms. The van der Waals surface area contributed by atoms with E-state index in [9.17, 15) is 14.4 Å². The molecule has 0 saturated carbocycles. The number of hydrogen-bond acceptors (Lipinski definition) is 5. The Hall–Kier alpha value is -1.83. The second-order valence-electron chi connectivity index (χ2n) is 4.98. The van der Waals surface area contributed by atoms with Crippen LogP contribution in [0.5, 0.6) is 0 Å². The van der Waals surface area contributed by atoms with Crippen molar-refractivity contribution in [3.05, 3.63) is 0 Å². The fourth-order valence-electron chi connectivity index (χ4n) is 2.10. The predicted molar refractivity (Wildman–Crippen MR) is 72.7 cm³/mol. The molecule has 3 atom stereocenters. The molecule has 0 aromatic heterocycles. The molecule has 0 radical (unpaired) electrons. The molecule has 1 rings (SSSR count). The lowest BCUT2D eigenvalue weighted by Gasteiger charge is -2.17. The maximum Gasteiger partial charge on any atom is 0.326 e. The summed E-state index contributed by atoms with van der Waals surface area (Å²) in [5.74, 6) is -1.47. The normalized spacial score (nSPS) is 22.4. The standard InChI is InChI=1S/C13H22N2O6/c1-8-9(5-6-21-8)7-14-13(19)15-10(12(17)18)3-4-11(16)20-2/h8-10H,3-7H2,1-2H3,(H,17,18)(H2,14,15,19)/t8?,9?,10-/m0/s1. The molecule has 8 nitrogen and oxygen atoms in total. The predicted octanol–water partition coefficient (Wildman–Crippen LogP) is 0.117. The molecule has 8 heteroatoms. The minimum atomic E-state index is -1.19. The average Bonchev–Trinajstić information content (AvgIpc) is 2.85. The van der Waals surface area contributed by atoms with E-state index >= 15 is 0 Å². The largest absolute Gasteiger partial charge is 0.480 e. The highest BCUT2D eigenvalue weighted by Crippen LogP contribution is 2.19. The number of carbonyl (C=O) groups is 3. The van der Waals surface area contributed by atoms with E-state index in [1.54, 1.807) is 0 Å². The third kappa shape index (κ3) is 5.99. The summed E-state index contributed by atoms with van der Waals surface area (Å²) in [6, 6.07) is -1.69. The molecule has 0 bridgehead atoms. The van der Waals surface area contributed by atoms with Crippen molar-refractivity contribution >= 4 is 18.0 Å². The van der Waals surface area contributed by atoms with Crippen molar-refractivity contribution in [2.75, 3.05) is 20.3 Å². The molecule has 0 aromatic carbocycles. The minimum Gasteiger partial charge on any atom is -0.480 e. The number of methoxy groups -OCH3 is 1. The summed E-state index contributed by atoms with van der Waals surface area (Å²) < 4.78 is 9.82. The van der Waals surface area contributed by atoms with E-state index in [4.69, 9.17) is 9.84 Å². The van der Waals surface area contributed by atoms with Crippen LogP contribution in [0.3, 0.4) is 0 Å². The van der Waals surface area contributed by atoms with Crippen LogP contribution in [0, 0.1) is 5.92 Å². The first-order valence-electron chi connectivity index (χ1n) is 6.89. The van der Waals surface area contributed by atoms with Crippen LogP contribution in [0.4, 0.5) is 4.79 Å². The Bertz CT molecular complexity index is 387. The zero-order chi connectivity index (χ0) is 15.8. The van der Waals surface area contributed by atoms with Crippen LogP contribution in [-0.2, 0) is 19.1 Å². The van der Waals surface area contributed by atoms with Crippen LogP contribution in [0.1, 0.15) is 26.2 Å². The molecule has 0 aliphatic carbocycles. The third-order valence-electron chi connectivity index (χ3n) is 3.53. The van der Waals surface area contributed by atoms with Crippen LogP contribution < -0.4 is 10.6 Å². The van der Waals surface area contributed by atoms with Gasteiger partial charge in [0.1, 0.15) is 6.04 Å². The number of carboxylic acids is 1. The lowest BCUT2D eigenvalue weighted by Crippen LogP contribution is -2.47. The van der Waals surface area contributed by atoms with Gasteiger partial charge in [-0.3, -0.25) is 4.79 Å². The summed E-state index contributed by atoms with van der Waals surface area (Å²) in [6.07, 6.45) is 0.867. The summed E-state index contributed by atoms with van der Waals surface area (Å²) >= 11 is 0. The van der Waals surface area contributed by atoms with Crippen LogP contribution in [0.2, 0.25) is 0 Å². The van der Waals surface area contributed by atoms with Gasteiger partial charge in [-0.25, -0.2) is 9.59 Å². The zero-order valence-electron chi connectivity index (χ0n) is 12.3. The number of esters is 1. The van der Waals surface area contributed by atoms with Crippen LogP contribution in [-0.4, -0.2) is 55.5 Å². The third-order valence-corrected chi connectivity index (χ3v) is 3.53. The zero-order valence-corrected chi connectivity index (χ0v) is 12.3. The lowest BCUT2D eigenvalue weighted by molar-refractivity contribution is -0.142. The van der Waals surface area contributed by atoms with Gasteiger partial charge in [0, 0.05) is 25.5 Å². The minimum absolute atomic E-state index is 0.0155. The molecular formula is C13H22N2O6. The molecule has 120 valence electrons. The van der Waals surface area contributed by atoms with Gasteiger partial charge in [-0.1, -0.05) is 0 Å².